The molecule has 5 nitrogen and oxygen atoms in total. The molecule has 5 rings (SSSR count). The number of hydrogen-bond acceptors (Lipinski definition) is 3. The lowest BCUT2D eigenvalue weighted by molar-refractivity contribution is 0.0954. The molecule has 0 spiro atoms. The minimum absolute atomic E-state index is 0.170. The Morgan fingerprint density at radius 3 is 2.33 bits per heavy atom. The molecule has 0 aliphatic heterocycles. The molecule has 1 aliphatic carbocycles. The minimum atomic E-state index is -0.339. The standard InChI is InChI=1S/C25H19N3O2/c1-15-14-21(16(2)28(15)18-10-4-3-5-11-18)25(30)27-26-23-19-12-6-8-17-9-7-13-20(22(17)19)24(23)29/h3-14H,1-2H3,(H,27,30)/b26-23+. The van der Waals surface area contributed by atoms with E-state index in [1.54, 1.807) is 6.07 Å². The molecule has 0 atom stereocenters. The normalized spacial score (nSPS) is 13.9. The van der Waals surface area contributed by atoms with E-state index in [9.17, 15) is 9.59 Å². The highest BCUT2D eigenvalue weighted by molar-refractivity contribution is 6.59. The monoisotopic (exact) mass is 393 g/mol. The topological polar surface area (TPSA) is 63.5 Å². The van der Waals surface area contributed by atoms with Gasteiger partial charge in [-0.2, -0.15) is 5.10 Å². The van der Waals surface area contributed by atoms with Crippen molar-refractivity contribution in [1.82, 2.24) is 9.99 Å². The maximum atomic E-state index is 12.9. The summed E-state index contributed by atoms with van der Waals surface area (Å²) in [5.74, 6) is -0.509. The van der Waals surface area contributed by atoms with Crippen LogP contribution in [0, 0.1) is 13.8 Å². The van der Waals surface area contributed by atoms with Crippen molar-refractivity contribution in [2.45, 2.75) is 13.8 Å². The maximum Gasteiger partial charge on any atom is 0.273 e. The molecule has 5 heteroatoms. The Morgan fingerprint density at radius 1 is 0.900 bits per heavy atom. The Morgan fingerprint density at radius 2 is 1.60 bits per heavy atom. The molecule has 146 valence electrons. The fourth-order valence-corrected chi connectivity index (χ4v) is 4.22. The molecule has 0 unspecified atom stereocenters. The van der Waals surface area contributed by atoms with Crippen molar-refractivity contribution in [2.24, 2.45) is 5.10 Å². The maximum absolute atomic E-state index is 12.9. The fourth-order valence-electron chi connectivity index (χ4n) is 4.22. The molecule has 1 N–H and O–H groups in total. The van der Waals surface area contributed by atoms with E-state index in [2.05, 4.69) is 10.5 Å². The van der Waals surface area contributed by atoms with Gasteiger partial charge >= 0.3 is 0 Å². The van der Waals surface area contributed by atoms with Crippen molar-refractivity contribution >= 4 is 28.2 Å². The number of carbonyl (C=O) groups excluding carboxylic acids is 2. The second-order valence-electron chi connectivity index (χ2n) is 7.40. The number of nitrogens with zero attached hydrogens (tertiary/aromatic N) is 2. The number of benzene rings is 3. The number of hydrogen-bond donors (Lipinski definition) is 1. The van der Waals surface area contributed by atoms with Crippen LogP contribution in [0.1, 0.15) is 37.7 Å². The number of para-hydroxylation sites is 1. The fraction of sp³-hybridized carbons (Fsp3) is 0.0800. The molecule has 30 heavy (non-hydrogen) atoms. The van der Waals surface area contributed by atoms with Crippen molar-refractivity contribution < 1.29 is 9.59 Å². The zero-order valence-corrected chi connectivity index (χ0v) is 16.6. The van der Waals surface area contributed by atoms with Gasteiger partial charge in [0.1, 0.15) is 5.71 Å². The zero-order valence-electron chi connectivity index (χ0n) is 16.6. The molecule has 1 aromatic heterocycles. The van der Waals surface area contributed by atoms with Gasteiger partial charge in [0.2, 0.25) is 5.78 Å². The lowest BCUT2D eigenvalue weighted by Gasteiger charge is -2.09. The average molecular weight is 393 g/mol. The highest BCUT2D eigenvalue weighted by atomic mass is 16.2. The number of amides is 1. The van der Waals surface area contributed by atoms with Crippen LogP contribution in [0.2, 0.25) is 0 Å². The Hall–Kier alpha value is -3.99. The summed E-state index contributed by atoms with van der Waals surface area (Å²) in [5.41, 5.74) is 7.53. The van der Waals surface area contributed by atoms with E-state index in [1.165, 1.54) is 0 Å². The summed E-state index contributed by atoms with van der Waals surface area (Å²) >= 11 is 0. The minimum Gasteiger partial charge on any atom is -0.318 e. The van der Waals surface area contributed by atoms with Crippen LogP contribution in [0.3, 0.4) is 0 Å². The second-order valence-corrected chi connectivity index (χ2v) is 7.40. The lowest BCUT2D eigenvalue weighted by Crippen LogP contribution is -2.22. The van der Waals surface area contributed by atoms with Gasteiger partial charge in [-0.1, -0.05) is 54.6 Å². The van der Waals surface area contributed by atoms with Crippen LogP contribution in [0.25, 0.3) is 16.5 Å². The molecule has 0 saturated heterocycles. The highest BCUT2D eigenvalue weighted by Gasteiger charge is 2.29. The van der Waals surface area contributed by atoms with Crippen molar-refractivity contribution in [2.75, 3.05) is 0 Å². The number of aromatic nitrogens is 1. The van der Waals surface area contributed by atoms with Gasteiger partial charge in [0.25, 0.3) is 5.91 Å². The molecule has 0 bridgehead atoms. The summed E-state index contributed by atoms with van der Waals surface area (Å²) in [6.45, 7) is 3.86. The molecule has 4 aromatic rings. The van der Waals surface area contributed by atoms with Crippen molar-refractivity contribution in [3.63, 3.8) is 0 Å². The number of carbonyl (C=O) groups is 2. The van der Waals surface area contributed by atoms with Crippen LogP contribution < -0.4 is 5.43 Å². The van der Waals surface area contributed by atoms with E-state index in [1.807, 2.05) is 85.1 Å². The van der Waals surface area contributed by atoms with E-state index in [-0.39, 0.29) is 17.4 Å². The van der Waals surface area contributed by atoms with Gasteiger partial charge in [-0.25, -0.2) is 5.43 Å². The van der Waals surface area contributed by atoms with Crippen LogP contribution in [0.15, 0.2) is 77.9 Å². The van der Waals surface area contributed by atoms with Crippen LogP contribution >= 0.6 is 0 Å². The van der Waals surface area contributed by atoms with Crippen LogP contribution in [0.5, 0.6) is 0 Å². The molecule has 1 amide bonds. The number of ketones is 1. The number of Topliss-reactive ketones (excluding diaryl/α,β-unsaturated/α-hetero) is 1. The molecule has 0 fully saturated rings. The number of rotatable bonds is 3. The van der Waals surface area contributed by atoms with Gasteiger partial charge in [0, 0.05) is 33.6 Å². The predicted octanol–water partition coefficient (Wildman–Crippen LogP) is 4.58. The number of hydrazone groups is 1. The first-order chi connectivity index (χ1) is 14.6. The van der Waals surface area contributed by atoms with Crippen LogP contribution in [-0.2, 0) is 0 Å². The largest absolute Gasteiger partial charge is 0.318 e. The zero-order chi connectivity index (χ0) is 20.8. The van der Waals surface area contributed by atoms with Crippen molar-refractivity contribution in [3.05, 3.63) is 101 Å². The Kier molecular flexibility index (Phi) is 4.10. The molecule has 0 saturated carbocycles. The third-order valence-electron chi connectivity index (χ3n) is 5.58. The highest BCUT2D eigenvalue weighted by Crippen LogP contribution is 2.31. The first kappa shape index (κ1) is 18.1. The predicted molar refractivity (Wildman–Crippen MR) is 118 cm³/mol. The van der Waals surface area contributed by atoms with Gasteiger partial charge < -0.3 is 4.57 Å². The quantitative estimate of drug-likeness (QED) is 0.518. The first-order valence-electron chi connectivity index (χ1n) is 9.75. The van der Waals surface area contributed by atoms with Gasteiger partial charge in [0.05, 0.1) is 5.56 Å². The smallest absolute Gasteiger partial charge is 0.273 e. The number of aryl methyl sites for hydroxylation is 1. The molecule has 3 aromatic carbocycles. The van der Waals surface area contributed by atoms with E-state index < -0.39 is 0 Å². The van der Waals surface area contributed by atoms with Gasteiger partial charge in [-0.05, 0) is 37.4 Å². The van der Waals surface area contributed by atoms with Crippen LogP contribution in [0.4, 0.5) is 0 Å². The van der Waals surface area contributed by atoms with Gasteiger partial charge in [-0.3, -0.25) is 9.59 Å². The first-order valence-corrected chi connectivity index (χ1v) is 9.75. The van der Waals surface area contributed by atoms with E-state index in [0.29, 0.717) is 11.1 Å². The van der Waals surface area contributed by atoms with E-state index >= 15 is 0 Å². The van der Waals surface area contributed by atoms with Crippen LogP contribution in [-0.4, -0.2) is 22.0 Å². The Labute approximate surface area is 173 Å². The summed E-state index contributed by atoms with van der Waals surface area (Å²) in [6, 6.07) is 23.1. The summed E-state index contributed by atoms with van der Waals surface area (Å²) in [5, 5.41) is 6.11. The Bertz CT molecular complexity index is 1360. The summed E-state index contributed by atoms with van der Waals surface area (Å²) in [7, 11) is 0. The van der Waals surface area contributed by atoms with Crippen molar-refractivity contribution in [3.8, 4) is 5.69 Å². The second kappa shape index (κ2) is 6.81. The van der Waals surface area contributed by atoms with E-state index in [0.717, 1.165) is 33.4 Å². The van der Waals surface area contributed by atoms with Gasteiger partial charge in [0.15, 0.2) is 0 Å². The number of nitrogens with one attached hydrogen (secondary N) is 1. The summed E-state index contributed by atoms with van der Waals surface area (Å²) < 4.78 is 2.03. The molecule has 1 heterocycles. The third kappa shape index (κ3) is 2.67. The lowest BCUT2D eigenvalue weighted by atomic mass is 10.1. The summed E-state index contributed by atoms with van der Waals surface area (Å²) in [6.07, 6.45) is 0. The van der Waals surface area contributed by atoms with Gasteiger partial charge in [-0.15, -0.1) is 0 Å². The average Bonchev–Trinajstić information content (AvgIpc) is 3.22. The molecule has 1 aliphatic rings. The SMILES string of the molecule is Cc1cc(C(=O)N/N=C2/C(=O)c3cccc4cccc2c34)c(C)n1-c1ccccc1. The molecular formula is C25H19N3O2. The Balaban J connectivity index is 1.49. The van der Waals surface area contributed by atoms with E-state index in [4.69, 9.17) is 0 Å². The third-order valence-corrected chi connectivity index (χ3v) is 5.58. The van der Waals surface area contributed by atoms with Crippen molar-refractivity contribution in [1.29, 1.82) is 0 Å². The molecular weight excluding hydrogens is 374 g/mol. The molecule has 0 radical (unpaired) electrons. The summed E-state index contributed by atoms with van der Waals surface area (Å²) in [4.78, 5) is 25.7.